The Labute approximate surface area is 104 Å². The van der Waals surface area contributed by atoms with Crippen LogP contribution in [0.3, 0.4) is 0 Å². The molecular formula is C13H15BrN2. The Morgan fingerprint density at radius 1 is 1.38 bits per heavy atom. The van der Waals surface area contributed by atoms with E-state index in [1.165, 1.54) is 35.0 Å². The molecule has 0 unspecified atom stereocenters. The van der Waals surface area contributed by atoms with Crippen LogP contribution in [0.25, 0.3) is 10.9 Å². The summed E-state index contributed by atoms with van der Waals surface area (Å²) >= 11 is 3.55. The Morgan fingerprint density at radius 3 is 3.12 bits per heavy atom. The van der Waals surface area contributed by atoms with Gasteiger partial charge in [0.1, 0.15) is 0 Å². The molecule has 3 rings (SSSR count). The smallest absolute Gasteiger partial charge is 0.0494 e. The highest BCUT2D eigenvalue weighted by Gasteiger charge is 2.16. The molecule has 0 bridgehead atoms. The van der Waals surface area contributed by atoms with Crippen molar-refractivity contribution >= 4 is 26.8 Å². The molecule has 0 spiro atoms. The fraction of sp³-hybridized carbons (Fsp3) is 0.385. The summed E-state index contributed by atoms with van der Waals surface area (Å²) < 4.78 is 3.51. The third-order valence-electron chi connectivity index (χ3n) is 3.47. The van der Waals surface area contributed by atoms with E-state index in [1.54, 1.807) is 0 Å². The van der Waals surface area contributed by atoms with Crippen molar-refractivity contribution in [3.8, 4) is 0 Å². The fourth-order valence-electron chi connectivity index (χ4n) is 2.65. The number of fused-ring (bicyclic) bond motifs is 3. The predicted octanol–water partition coefficient (Wildman–Crippen LogP) is 2.98. The van der Waals surface area contributed by atoms with Gasteiger partial charge >= 0.3 is 0 Å². The van der Waals surface area contributed by atoms with Crippen molar-refractivity contribution in [1.29, 1.82) is 0 Å². The van der Waals surface area contributed by atoms with Gasteiger partial charge in [0.15, 0.2) is 0 Å². The van der Waals surface area contributed by atoms with Crippen LogP contribution < -0.4 is 5.32 Å². The van der Waals surface area contributed by atoms with Crippen LogP contribution in [0.15, 0.2) is 22.7 Å². The molecule has 1 aromatic carbocycles. The number of benzene rings is 1. The Kier molecular flexibility index (Phi) is 2.52. The van der Waals surface area contributed by atoms with E-state index in [9.17, 15) is 0 Å². The van der Waals surface area contributed by atoms with Gasteiger partial charge in [-0.05, 0) is 37.1 Å². The van der Waals surface area contributed by atoms with Crippen LogP contribution in [0.1, 0.15) is 17.7 Å². The van der Waals surface area contributed by atoms with Crippen LogP contribution in [0.2, 0.25) is 0 Å². The molecule has 2 nitrogen and oxygen atoms in total. The highest BCUT2D eigenvalue weighted by atomic mass is 79.9. The molecule has 1 aromatic heterocycles. The van der Waals surface area contributed by atoms with Gasteiger partial charge in [-0.15, -0.1) is 0 Å². The number of aromatic nitrogens is 1. The fourth-order valence-corrected chi connectivity index (χ4v) is 3.00. The van der Waals surface area contributed by atoms with Crippen LogP contribution in [0.4, 0.5) is 0 Å². The lowest BCUT2D eigenvalue weighted by molar-refractivity contribution is 0.677. The van der Waals surface area contributed by atoms with E-state index >= 15 is 0 Å². The van der Waals surface area contributed by atoms with Crippen molar-refractivity contribution < 1.29 is 0 Å². The van der Waals surface area contributed by atoms with Gasteiger partial charge < -0.3 is 9.88 Å². The second-order valence-electron chi connectivity index (χ2n) is 4.43. The van der Waals surface area contributed by atoms with Crippen molar-refractivity contribution in [2.75, 3.05) is 6.54 Å². The standard InChI is InChI=1S/C13H15BrN2/c1-16-12-3-2-6-15-8-11(12)10-5-4-9(14)7-13(10)16/h4-5,7,15H,2-3,6,8H2,1H3. The van der Waals surface area contributed by atoms with E-state index < -0.39 is 0 Å². The van der Waals surface area contributed by atoms with Crippen LogP contribution >= 0.6 is 15.9 Å². The third-order valence-corrected chi connectivity index (χ3v) is 3.96. The molecule has 3 heteroatoms. The summed E-state index contributed by atoms with van der Waals surface area (Å²) in [6.07, 6.45) is 2.42. The molecule has 84 valence electrons. The molecule has 0 radical (unpaired) electrons. The minimum atomic E-state index is 1.01. The molecule has 1 aliphatic heterocycles. The van der Waals surface area contributed by atoms with Gasteiger partial charge in [0, 0.05) is 34.7 Å². The number of hydrogen-bond acceptors (Lipinski definition) is 1. The first-order chi connectivity index (χ1) is 7.77. The van der Waals surface area contributed by atoms with Gasteiger partial charge in [-0.2, -0.15) is 0 Å². The molecule has 16 heavy (non-hydrogen) atoms. The molecule has 0 atom stereocenters. The number of nitrogens with zero attached hydrogens (tertiary/aromatic N) is 1. The second kappa shape index (κ2) is 3.90. The van der Waals surface area contributed by atoms with Gasteiger partial charge in [-0.3, -0.25) is 0 Å². The number of nitrogens with one attached hydrogen (secondary N) is 1. The minimum Gasteiger partial charge on any atom is -0.347 e. The first-order valence-electron chi connectivity index (χ1n) is 5.74. The van der Waals surface area contributed by atoms with Gasteiger partial charge in [0.05, 0.1) is 0 Å². The lowest BCUT2D eigenvalue weighted by Crippen LogP contribution is -2.11. The molecular weight excluding hydrogens is 264 g/mol. The summed E-state index contributed by atoms with van der Waals surface area (Å²) in [4.78, 5) is 0. The maximum Gasteiger partial charge on any atom is 0.0494 e. The maximum atomic E-state index is 3.55. The number of aryl methyl sites for hydroxylation is 1. The van der Waals surface area contributed by atoms with Crippen molar-refractivity contribution in [2.24, 2.45) is 7.05 Å². The molecule has 2 aromatic rings. The highest BCUT2D eigenvalue weighted by molar-refractivity contribution is 9.10. The van der Waals surface area contributed by atoms with E-state index in [-0.39, 0.29) is 0 Å². The van der Waals surface area contributed by atoms with Gasteiger partial charge in [-0.1, -0.05) is 22.0 Å². The molecule has 0 amide bonds. The quantitative estimate of drug-likeness (QED) is 0.784. The van der Waals surface area contributed by atoms with Crippen LogP contribution in [0.5, 0.6) is 0 Å². The van der Waals surface area contributed by atoms with Crippen molar-refractivity contribution in [2.45, 2.75) is 19.4 Å². The van der Waals surface area contributed by atoms with Crippen molar-refractivity contribution in [3.63, 3.8) is 0 Å². The van der Waals surface area contributed by atoms with Crippen molar-refractivity contribution in [3.05, 3.63) is 33.9 Å². The average molecular weight is 279 g/mol. The molecule has 1 aliphatic rings. The Hall–Kier alpha value is -0.800. The zero-order chi connectivity index (χ0) is 11.1. The lowest BCUT2D eigenvalue weighted by Gasteiger charge is -2.02. The van der Waals surface area contributed by atoms with E-state index in [0.717, 1.165) is 17.6 Å². The average Bonchev–Trinajstić information content (AvgIpc) is 2.47. The molecule has 0 fully saturated rings. The minimum absolute atomic E-state index is 1.01. The first-order valence-corrected chi connectivity index (χ1v) is 6.53. The second-order valence-corrected chi connectivity index (χ2v) is 5.34. The molecule has 0 saturated heterocycles. The zero-order valence-electron chi connectivity index (χ0n) is 9.39. The summed E-state index contributed by atoms with van der Waals surface area (Å²) in [6, 6.07) is 6.57. The summed E-state index contributed by atoms with van der Waals surface area (Å²) in [6.45, 7) is 2.14. The highest BCUT2D eigenvalue weighted by Crippen LogP contribution is 2.29. The van der Waals surface area contributed by atoms with E-state index in [1.807, 2.05) is 0 Å². The predicted molar refractivity (Wildman–Crippen MR) is 70.6 cm³/mol. The summed E-state index contributed by atoms with van der Waals surface area (Å²) in [5.41, 5.74) is 4.32. The number of halogens is 1. The third kappa shape index (κ3) is 1.50. The van der Waals surface area contributed by atoms with Gasteiger partial charge in [-0.25, -0.2) is 0 Å². The molecule has 0 aliphatic carbocycles. The summed E-state index contributed by atoms with van der Waals surface area (Å²) in [5.74, 6) is 0. The largest absolute Gasteiger partial charge is 0.347 e. The Morgan fingerprint density at radius 2 is 2.25 bits per heavy atom. The van der Waals surface area contributed by atoms with E-state index in [4.69, 9.17) is 0 Å². The SMILES string of the molecule is Cn1c2c(c3ccc(Br)cc31)CNCCC2. The first kappa shape index (κ1) is 10.4. The van der Waals surface area contributed by atoms with E-state index in [2.05, 4.69) is 51.1 Å². The van der Waals surface area contributed by atoms with Crippen LogP contribution in [-0.4, -0.2) is 11.1 Å². The van der Waals surface area contributed by atoms with Crippen LogP contribution in [-0.2, 0) is 20.0 Å². The normalized spacial score (nSPS) is 16.1. The zero-order valence-corrected chi connectivity index (χ0v) is 11.0. The number of rotatable bonds is 0. The molecule has 1 N–H and O–H groups in total. The molecule has 2 heterocycles. The van der Waals surface area contributed by atoms with Gasteiger partial charge in [0.2, 0.25) is 0 Å². The van der Waals surface area contributed by atoms with Crippen molar-refractivity contribution in [1.82, 2.24) is 9.88 Å². The van der Waals surface area contributed by atoms with Crippen LogP contribution in [0, 0.1) is 0 Å². The Balaban J connectivity index is 2.31. The maximum absolute atomic E-state index is 3.55. The topological polar surface area (TPSA) is 17.0 Å². The summed E-state index contributed by atoms with van der Waals surface area (Å²) in [7, 11) is 2.18. The number of hydrogen-bond donors (Lipinski definition) is 1. The summed E-state index contributed by atoms with van der Waals surface area (Å²) in [5, 5.41) is 4.90. The monoisotopic (exact) mass is 278 g/mol. The van der Waals surface area contributed by atoms with Gasteiger partial charge in [0.25, 0.3) is 0 Å². The lowest BCUT2D eigenvalue weighted by atomic mass is 10.1. The molecule has 0 saturated carbocycles. The Bertz CT molecular complexity index is 542. The van der Waals surface area contributed by atoms with E-state index in [0.29, 0.717) is 0 Å².